The number of amides is 1. The second-order valence-electron chi connectivity index (χ2n) is 7.56. The largest absolute Gasteiger partial charge is 0.354 e. The molecule has 2 heterocycles. The molecule has 1 fully saturated rings. The van der Waals surface area contributed by atoms with Crippen LogP contribution in [0.4, 0.5) is 5.69 Å². The van der Waals surface area contributed by atoms with Gasteiger partial charge >= 0.3 is 0 Å². The number of carbonyl (C=O) groups excluding carboxylic acids is 1. The summed E-state index contributed by atoms with van der Waals surface area (Å²) < 4.78 is 27.1. The maximum absolute atomic E-state index is 12.8. The fraction of sp³-hybridized carbons (Fsp3) is 0.350. The number of anilines is 1. The molecule has 0 bridgehead atoms. The zero-order chi connectivity index (χ0) is 21.8. The lowest BCUT2D eigenvalue weighted by Crippen LogP contribution is -2.26. The number of benzene rings is 1. The number of aryl methyl sites for hydroxylation is 1. The highest BCUT2D eigenvalue weighted by Gasteiger charge is 2.31. The smallest absolute Gasteiger partial charge is 0.270 e. The van der Waals surface area contributed by atoms with Crippen LogP contribution in [0.2, 0.25) is 5.02 Å². The van der Waals surface area contributed by atoms with Gasteiger partial charge in [0.2, 0.25) is 10.0 Å². The summed E-state index contributed by atoms with van der Waals surface area (Å²) in [7, 11) is -0.361. The average Bonchev–Trinajstić information content (AvgIpc) is 3.47. The van der Waals surface area contributed by atoms with E-state index in [4.69, 9.17) is 11.6 Å². The topological polar surface area (TPSA) is 97.2 Å². The van der Waals surface area contributed by atoms with E-state index in [0.29, 0.717) is 33.1 Å². The number of carbonyl (C=O) groups is 1. The first-order chi connectivity index (χ1) is 14.1. The van der Waals surface area contributed by atoms with Crippen LogP contribution in [-0.2, 0) is 10.0 Å². The summed E-state index contributed by atoms with van der Waals surface area (Å²) in [6.45, 7) is 1.85. The molecule has 1 aliphatic carbocycles. The van der Waals surface area contributed by atoms with Crippen LogP contribution in [0.15, 0.2) is 24.4 Å². The molecule has 0 atom stereocenters. The molecule has 0 radical (unpaired) electrons. The third kappa shape index (κ3) is 3.52. The van der Waals surface area contributed by atoms with Crippen molar-refractivity contribution in [1.82, 2.24) is 20.1 Å². The van der Waals surface area contributed by atoms with Crippen molar-refractivity contribution < 1.29 is 13.2 Å². The number of hydrogen-bond acceptors (Lipinski definition) is 5. The molecule has 0 unspecified atom stereocenters. The van der Waals surface area contributed by atoms with E-state index in [1.807, 2.05) is 13.0 Å². The summed E-state index contributed by atoms with van der Waals surface area (Å²) in [4.78, 5) is 17.1. The first kappa shape index (κ1) is 20.6. The van der Waals surface area contributed by atoms with Crippen LogP contribution >= 0.6 is 11.6 Å². The molecule has 10 heteroatoms. The molecule has 1 N–H and O–H groups in total. The third-order valence-electron chi connectivity index (χ3n) is 5.37. The summed E-state index contributed by atoms with van der Waals surface area (Å²) >= 11 is 6.10. The van der Waals surface area contributed by atoms with Crippen LogP contribution in [0.25, 0.3) is 16.7 Å². The molecule has 2 aromatic heterocycles. The molecule has 3 aromatic rings. The normalized spacial score (nSPS) is 14.2. The molecule has 0 spiro atoms. The van der Waals surface area contributed by atoms with Crippen molar-refractivity contribution in [3.63, 3.8) is 0 Å². The van der Waals surface area contributed by atoms with E-state index >= 15 is 0 Å². The molecule has 30 heavy (non-hydrogen) atoms. The molecule has 0 aliphatic heterocycles. The Morgan fingerprint density at radius 3 is 2.57 bits per heavy atom. The van der Waals surface area contributed by atoms with Gasteiger partial charge in [-0.05, 0) is 55.0 Å². The van der Waals surface area contributed by atoms with Crippen molar-refractivity contribution in [3.8, 4) is 5.82 Å². The van der Waals surface area contributed by atoms with Gasteiger partial charge in [0.1, 0.15) is 5.69 Å². The van der Waals surface area contributed by atoms with Crippen molar-refractivity contribution in [3.05, 3.63) is 46.2 Å². The number of aromatic nitrogens is 3. The Kier molecular flexibility index (Phi) is 4.98. The van der Waals surface area contributed by atoms with Crippen molar-refractivity contribution in [1.29, 1.82) is 0 Å². The van der Waals surface area contributed by atoms with Gasteiger partial charge in [0.25, 0.3) is 5.91 Å². The monoisotopic (exact) mass is 447 g/mol. The van der Waals surface area contributed by atoms with Gasteiger partial charge in [-0.1, -0.05) is 11.6 Å². The standard InChI is InChI=1S/C20H22ClN5O3S/c1-11-7-18(23-10-15(11)21)26-19(20(27)22-2)14-8-13(12-5-6-12)17(9-16(14)24-26)25(3)30(4,28)29/h7-10,12H,5-6H2,1-4H3,(H,22,27). The number of fused-ring (bicyclic) bond motifs is 1. The summed E-state index contributed by atoms with van der Waals surface area (Å²) in [5.41, 5.74) is 3.15. The number of hydrogen-bond donors (Lipinski definition) is 1. The fourth-order valence-electron chi connectivity index (χ4n) is 3.45. The molecule has 4 rings (SSSR count). The van der Waals surface area contributed by atoms with E-state index in [-0.39, 0.29) is 11.8 Å². The molecule has 1 saturated carbocycles. The molecule has 0 saturated heterocycles. The molecule has 1 aliphatic rings. The van der Waals surface area contributed by atoms with Crippen molar-refractivity contribution >= 4 is 44.1 Å². The minimum absolute atomic E-state index is 0.269. The molecule has 1 amide bonds. The molecule has 1 aromatic carbocycles. The third-order valence-corrected chi connectivity index (χ3v) is 6.95. The van der Waals surface area contributed by atoms with Gasteiger partial charge < -0.3 is 5.32 Å². The van der Waals surface area contributed by atoms with E-state index < -0.39 is 10.0 Å². The molecular formula is C20H22ClN5O3S. The Morgan fingerprint density at radius 1 is 1.30 bits per heavy atom. The average molecular weight is 448 g/mol. The lowest BCUT2D eigenvalue weighted by Gasteiger charge is -2.20. The minimum atomic E-state index is -3.45. The second-order valence-corrected chi connectivity index (χ2v) is 9.99. The first-order valence-electron chi connectivity index (χ1n) is 9.47. The minimum Gasteiger partial charge on any atom is -0.354 e. The van der Waals surface area contributed by atoms with E-state index in [1.165, 1.54) is 28.5 Å². The highest BCUT2D eigenvalue weighted by atomic mass is 35.5. The number of nitrogens with one attached hydrogen (secondary N) is 1. The maximum Gasteiger partial charge on any atom is 0.270 e. The fourth-order valence-corrected chi connectivity index (χ4v) is 4.07. The van der Waals surface area contributed by atoms with Crippen molar-refractivity contribution in [2.75, 3.05) is 24.7 Å². The van der Waals surface area contributed by atoms with E-state index in [1.54, 1.807) is 19.2 Å². The van der Waals surface area contributed by atoms with E-state index in [0.717, 1.165) is 24.0 Å². The van der Waals surface area contributed by atoms with Crippen LogP contribution in [0.1, 0.15) is 40.4 Å². The van der Waals surface area contributed by atoms with Crippen LogP contribution in [-0.4, -0.2) is 49.4 Å². The summed E-state index contributed by atoms with van der Waals surface area (Å²) in [6, 6.07) is 5.38. The van der Waals surface area contributed by atoms with Gasteiger partial charge in [0, 0.05) is 25.7 Å². The summed E-state index contributed by atoms with van der Waals surface area (Å²) in [5, 5.41) is 8.43. The zero-order valence-corrected chi connectivity index (χ0v) is 18.7. The number of pyridine rings is 1. The Bertz CT molecular complexity index is 1280. The zero-order valence-electron chi connectivity index (χ0n) is 17.1. The van der Waals surface area contributed by atoms with Crippen LogP contribution in [0, 0.1) is 6.92 Å². The Balaban J connectivity index is 2.02. The Hall–Kier alpha value is -2.65. The predicted molar refractivity (Wildman–Crippen MR) is 117 cm³/mol. The number of sulfonamides is 1. The highest BCUT2D eigenvalue weighted by Crippen LogP contribution is 2.46. The predicted octanol–water partition coefficient (Wildman–Crippen LogP) is 3.02. The van der Waals surface area contributed by atoms with E-state index in [9.17, 15) is 13.2 Å². The quantitative estimate of drug-likeness (QED) is 0.648. The van der Waals surface area contributed by atoms with Gasteiger partial charge in [0.15, 0.2) is 5.82 Å². The summed E-state index contributed by atoms with van der Waals surface area (Å²) in [5.74, 6) is 0.418. The molecular weight excluding hydrogens is 426 g/mol. The number of halogens is 1. The van der Waals surface area contributed by atoms with Crippen LogP contribution in [0.3, 0.4) is 0 Å². The molecule has 8 nitrogen and oxygen atoms in total. The van der Waals surface area contributed by atoms with Gasteiger partial charge in [0.05, 0.1) is 22.5 Å². The highest BCUT2D eigenvalue weighted by molar-refractivity contribution is 7.92. The number of nitrogens with zero attached hydrogens (tertiary/aromatic N) is 4. The van der Waals surface area contributed by atoms with Gasteiger partial charge in [-0.25, -0.2) is 18.1 Å². The van der Waals surface area contributed by atoms with E-state index in [2.05, 4.69) is 15.4 Å². The van der Waals surface area contributed by atoms with Gasteiger partial charge in [-0.15, -0.1) is 0 Å². The Labute approximate surface area is 179 Å². The molecule has 158 valence electrons. The van der Waals surface area contributed by atoms with Crippen LogP contribution in [0.5, 0.6) is 0 Å². The SMILES string of the molecule is CNC(=O)c1c2cc(C3CC3)c(N(C)S(C)(=O)=O)cc2nn1-c1cc(C)c(Cl)cn1. The maximum atomic E-state index is 12.8. The van der Waals surface area contributed by atoms with Crippen LogP contribution < -0.4 is 9.62 Å². The Morgan fingerprint density at radius 2 is 2.00 bits per heavy atom. The lowest BCUT2D eigenvalue weighted by atomic mass is 10.0. The first-order valence-corrected chi connectivity index (χ1v) is 11.7. The van der Waals surface area contributed by atoms with Crippen molar-refractivity contribution in [2.45, 2.75) is 25.7 Å². The lowest BCUT2D eigenvalue weighted by molar-refractivity contribution is 0.0957. The van der Waals surface area contributed by atoms with Gasteiger partial charge in [-0.3, -0.25) is 9.10 Å². The summed E-state index contributed by atoms with van der Waals surface area (Å²) in [6.07, 6.45) is 4.66. The number of rotatable bonds is 5. The van der Waals surface area contributed by atoms with Crippen molar-refractivity contribution in [2.24, 2.45) is 0 Å². The van der Waals surface area contributed by atoms with Gasteiger partial charge in [-0.2, -0.15) is 5.10 Å². The second kappa shape index (κ2) is 7.24.